The summed E-state index contributed by atoms with van der Waals surface area (Å²) in [6.07, 6.45) is 0. The van der Waals surface area contributed by atoms with Gasteiger partial charge in [0.05, 0.1) is 0 Å². The minimum Gasteiger partial charge on any atom is -0.424 e. The Morgan fingerprint density at radius 3 is 1.84 bits per heavy atom. The van der Waals surface area contributed by atoms with E-state index in [0.29, 0.717) is 5.75 Å². The summed E-state index contributed by atoms with van der Waals surface area (Å²) in [5.41, 5.74) is 1.14. The molecule has 0 saturated heterocycles. The second-order valence-corrected chi connectivity index (χ2v) is 5.82. The molecule has 0 aliphatic heterocycles. The lowest BCUT2D eigenvalue weighted by Gasteiger charge is -2.31. The summed E-state index contributed by atoms with van der Waals surface area (Å²) < 4.78 is 11.5. The Hall–Kier alpha value is -2.91. The summed E-state index contributed by atoms with van der Waals surface area (Å²) >= 11 is 0. The molecule has 25 heavy (non-hydrogen) atoms. The van der Waals surface area contributed by atoms with Crippen molar-refractivity contribution in [3.05, 3.63) is 102 Å². The van der Waals surface area contributed by atoms with Crippen molar-refractivity contribution >= 4 is 5.97 Å². The largest absolute Gasteiger partial charge is 0.424 e. The molecule has 0 aromatic heterocycles. The Bertz CT molecular complexity index is 802. The summed E-state index contributed by atoms with van der Waals surface area (Å²) in [7, 11) is 1.53. The molecule has 0 radical (unpaired) electrons. The van der Waals surface area contributed by atoms with Gasteiger partial charge in [-0.05, 0) is 35.7 Å². The highest BCUT2D eigenvalue weighted by molar-refractivity contribution is 5.87. The van der Waals surface area contributed by atoms with Gasteiger partial charge in [0.1, 0.15) is 5.75 Å². The molecule has 3 aromatic carbocycles. The second-order valence-electron chi connectivity index (χ2n) is 5.82. The van der Waals surface area contributed by atoms with Gasteiger partial charge in [-0.3, -0.25) is 0 Å². The van der Waals surface area contributed by atoms with E-state index in [9.17, 15) is 4.79 Å². The van der Waals surface area contributed by atoms with Crippen LogP contribution in [-0.2, 0) is 15.1 Å². The van der Waals surface area contributed by atoms with Crippen LogP contribution in [0.15, 0.2) is 84.9 Å². The average molecular weight is 332 g/mol. The van der Waals surface area contributed by atoms with Crippen LogP contribution >= 0.6 is 0 Å². The molecule has 0 aliphatic rings. The van der Waals surface area contributed by atoms with Crippen LogP contribution < -0.4 is 4.74 Å². The van der Waals surface area contributed by atoms with Gasteiger partial charge in [0, 0.05) is 7.11 Å². The smallest absolute Gasteiger partial charge is 0.353 e. The summed E-state index contributed by atoms with van der Waals surface area (Å²) in [6.45, 7) is 1.95. The molecule has 0 fully saturated rings. The number of ether oxygens (including phenoxy) is 2. The van der Waals surface area contributed by atoms with Gasteiger partial charge in [0.15, 0.2) is 0 Å². The van der Waals surface area contributed by atoms with E-state index < -0.39 is 11.6 Å². The molecule has 3 aromatic rings. The average Bonchev–Trinajstić information content (AvgIpc) is 2.65. The van der Waals surface area contributed by atoms with Crippen molar-refractivity contribution in [1.29, 1.82) is 0 Å². The monoisotopic (exact) mass is 332 g/mol. The van der Waals surface area contributed by atoms with Crippen molar-refractivity contribution in [3.8, 4) is 5.75 Å². The number of hydrogen-bond donors (Lipinski definition) is 0. The number of methoxy groups -OCH3 is 1. The van der Waals surface area contributed by atoms with Crippen molar-refractivity contribution in [1.82, 2.24) is 0 Å². The van der Waals surface area contributed by atoms with Crippen LogP contribution in [0, 0.1) is 6.92 Å². The zero-order valence-electron chi connectivity index (χ0n) is 14.3. The summed E-state index contributed by atoms with van der Waals surface area (Å²) in [5.74, 6) is 0.0243. The third-order valence-corrected chi connectivity index (χ3v) is 4.15. The SMILES string of the molecule is COC(C(=O)Oc1cccc(C)c1)(c1ccccc1)c1ccccc1. The summed E-state index contributed by atoms with van der Waals surface area (Å²) in [6, 6.07) is 26.2. The maximum Gasteiger partial charge on any atom is 0.353 e. The minimum atomic E-state index is -1.33. The first-order valence-corrected chi connectivity index (χ1v) is 8.12. The molecular weight excluding hydrogens is 312 g/mol. The van der Waals surface area contributed by atoms with E-state index in [-0.39, 0.29) is 0 Å². The Balaban J connectivity index is 2.09. The molecule has 3 rings (SSSR count). The van der Waals surface area contributed by atoms with E-state index in [0.717, 1.165) is 16.7 Å². The van der Waals surface area contributed by atoms with E-state index in [1.807, 2.05) is 85.8 Å². The van der Waals surface area contributed by atoms with Crippen molar-refractivity contribution in [3.63, 3.8) is 0 Å². The Kier molecular flexibility index (Phi) is 4.96. The number of benzene rings is 3. The molecule has 126 valence electrons. The maximum atomic E-state index is 13.2. The fourth-order valence-corrected chi connectivity index (χ4v) is 2.92. The normalized spacial score (nSPS) is 11.1. The second kappa shape index (κ2) is 7.32. The van der Waals surface area contributed by atoms with E-state index in [2.05, 4.69) is 0 Å². The Morgan fingerprint density at radius 2 is 1.36 bits per heavy atom. The van der Waals surface area contributed by atoms with Gasteiger partial charge in [-0.15, -0.1) is 0 Å². The first-order chi connectivity index (χ1) is 12.2. The standard InChI is InChI=1S/C22H20O3/c1-17-10-9-15-20(16-17)25-21(23)22(24-2,18-11-5-3-6-12-18)19-13-7-4-8-14-19/h3-16H,1-2H3. The van der Waals surface area contributed by atoms with E-state index >= 15 is 0 Å². The molecule has 0 N–H and O–H groups in total. The van der Waals surface area contributed by atoms with Crippen LogP contribution in [0.1, 0.15) is 16.7 Å². The van der Waals surface area contributed by atoms with Gasteiger partial charge in [0.2, 0.25) is 5.60 Å². The number of rotatable bonds is 5. The van der Waals surface area contributed by atoms with Crippen molar-refractivity contribution in [2.45, 2.75) is 12.5 Å². The van der Waals surface area contributed by atoms with Gasteiger partial charge < -0.3 is 9.47 Å². The first kappa shape index (κ1) is 16.9. The van der Waals surface area contributed by atoms with Crippen LogP contribution in [0.4, 0.5) is 0 Å². The lowest BCUT2D eigenvalue weighted by atomic mass is 9.86. The quantitative estimate of drug-likeness (QED) is 0.510. The third-order valence-electron chi connectivity index (χ3n) is 4.15. The van der Waals surface area contributed by atoms with Crippen LogP contribution in [0.5, 0.6) is 5.75 Å². The van der Waals surface area contributed by atoms with Crippen molar-refractivity contribution < 1.29 is 14.3 Å². The number of carbonyl (C=O) groups excluding carboxylic acids is 1. The molecule has 0 unspecified atom stereocenters. The lowest BCUT2D eigenvalue weighted by molar-refractivity contribution is -0.155. The van der Waals surface area contributed by atoms with E-state index in [1.165, 1.54) is 7.11 Å². The molecule has 0 spiro atoms. The van der Waals surface area contributed by atoms with Gasteiger partial charge >= 0.3 is 5.97 Å². The topological polar surface area (TPSA) is 35.5 Å². The predicted octanol–water partition coefficient (Wildman–Crippen LogP) is 4.49. The van der Waals surface area contributed by atoms with Crippen LogP contribution in [-0.4, -0.2) is 13.1 Å². The van der Waals surface area contributed by atoms with Crippen molar-refractivity contribution in [2.75, 3.05) is 7.11 Å². The number of aryl methyl sites for hydroxylation is 1. The summed E-state index contributed by atoms with van der Waals surface area (Å²) in [4.78, 5) is 13.2. The Labute approximate surface area is 147 Å². The third kappa shape index (κ3) is 3.32. The highest BCUT2D eigenvalue weighted by atomic mass is 16.6. The highest BCUT2D eigenvalue weighted by Gasteiger charge is 2.44. The fraction of sp³-hybridized carbons (Fsp3) is 0.136. The van der Waals surface area contributed by atoms with E-state index in [1.54, 1.807) is 6.07 Å². The molecule has 0 heterocycles. The molecule has 0 amide bonds. The highest BCUT2D eigenvalue weighted by Crippen LogP contribution is 2.35. The lowest BCUT2D eigenvalue weighted by Crippen LogP contribution is -2.42. The minimum absolute atomic E-state index is 0.474. The van der Waals surface area contributed by atoms with Crippen molar-refractivity contribution in [2.24, 2.45) is 0 Å². The molecule has 0 bridgehead atoms. The molecule has 0 atom stereocenters. The molecule has 0 aliphatic carbocycles. The van der Waals surface area contributed by atoms with E-state index in [4.69, 9.17) is 9.47 Å². The van der Waals surface area contributed by atoms with Crippen LogP contribution in [0.3, 0.4) is 0 Å². The fourth-order valence-electron chi connectivity index (χ4n) is 2.92. The molecule has 3 nitrogen and oxygen atoms in total. The van der Waals surface area contributed by atoms with Gasteiger partial charge in [-0.25, -0.2) is 4.79 Å². The van der Waals surface area contributed by atoms with Gasteiger partial charge in [0.25, 0.3) is 0 Å². The van der Waals surface area contributed by atoms with Crippen LogP contribution in [0.2, 0.25) is 0 Å². The van der Waals surface area contributed by atoms with Gasteiger partial charge in [-0.2, -0.15) is 0 Å². The molecule has 0 saturated carbocycles. The Morgan fingerprint density at radius 1 is 0.800 bits per heavy atom. The maximum absolute atomic E-state index is 13.2. The molecule has 3 heteroatoms. The number of hydrogen-bond acceptors (Lipinski definition) is 3. The zero-order chi connectivity index (χ0) is 17.7. The number of esters is 1. The zero-order valence-corrected chi connectivity index (χ0v) is 14.3. The first-order valence-electron chi connectivity index (χ1n) is 8.12. The predicted molar refractivity (Wildman–Crippen MR) is 97.5 cm³/mol. The van der Waals surface area contributed by atoms with Crippen LogP contribution in [0.25, 0.3) is 0 Å². The molecular formula is C22H20O3. The van der Waals surface area contributed by atoms with Gasteiger partial charge in [-0.1, -0.05) is 72.8 Å². The summed E-state index contributed by atoms with van der Waals surface area (Å²) in [5, 5.41) is 0. The number of carbonyl (C=O) groups is 1.